The summed E-state index contributed by atoms with van der Waals surface area (Å²) in [6.45, 7) is 3.61. The zero-order valence-electron chi connectivity index (χ0n) is 8.34. The molecule has 4 nitrogen and oxygen atoms in total. The molecule has 0 aromatic carbocycles. The normalized spacial score (nSPS) is 10.0. The van der Waals surface area contributed by atoms with E-state index < -0.39 is 0 Å². The standard InChI is InChI=1S/C9H20N2O2/c1-2-3-4-7-13-8-5-6-9(12)11-10/h2-8,10H2,1H3,(H,11,12). The fourth-order valence-corrected chi connectivity index (χ4v) is 0.963. The minimum atomic E-state index is -0.128. The smallest absolute Gasteiger partial charge is 0.233 e. The molecule has 78 valence electrons. The van der Waals surface area contributed by atoms with Crippen LogP contribution < -0.4 is 11.3 Å². The molecule has 0 spiro atoms. The topological polar surface area (TPSA) is 64.3 Å². The molecule has 0 aromatic heterocycles. The summed E-state index contributed by atoms with van der Waals surface area (Å²) in [4.78, 5) is 10.7. The maximum Gasteiger partial charge on any atom is 0.233 e. The van der Waals surface area contributed by atoms with Gasteiger partial charge in [0.05, 0.1) is 0 Å². The van der Waals surface area contributed by atoms with Crippen molar-refractivity contribution in [2.75, 3.05) is 13.2 Å². The van der Waals surface area contributed by atoms with Crippen LogP contribution in [0.5, 0.6) is 0 Å². The number of nitrogens with one attached hydrogen (secondary N) is 1. The van der Waals surface area contributed by atoms with Gasteiger partial charge >= 0.3 is 0 Å². The largest absolute Gasteiger partial charge is 0.381 e. The summed E-state index contributed by atoms with van der Waals surface area (Å²) in [5.41, 5.74) is 2.08. The van der Waals surface area contributed by atoms with Crippen molar-refractivity contribution in [2.24, 2.45) is 5.84 Å². The van der Waals surface area contributed by atoms with Gasteiger partial charge in [0.25, 0.3) is 0 Å². The van der Waals surface area contributed by atoms with Gasteiger partial charge in [0.15, 0.2) is 0 Å². The molecule has 1 amide bonds. The summed E-state index contributed by atoms with van der Waals surface area (Å²) in [6.07, 6.45) is 4.72. The lowest BCUT2D eigenvalue weighted by atomic mass is 10.3. The minimum Gasteiger partial charge on any atom is -0.381 e. The number of unbranched alkanes of at least 4 members (excludes halogenated alkanes) is 2. The van der Waals surface area contributed by atoms with Crippen LogP contribution in [0.15, 0.2) is 0 Å². The van der Waals surface area contributed by atoms with E-state index in [4.69, 9.17) is 10.6 Å². The highest BCUT2D eigenvalue weighted by molar-refractivity contribution is 5.75. The molecule has 13 heavy (non-hydrogen) atoms. The highest BCUT2D eigenvalue weighted by Gasteiger charge is 1.96. The number of hydrogen-bond acceptors (Lipinski definition) is 3. The van der Waals surface area contributed by atoms with Crippen molar-refractivity contribution in [1.82, 2.24) is 5.43 Å². The SMILES string of the molecule is CCCCCOCCCC(=O)NN. The Balaban J connectivity index is 2.95. The fraction of sp³-hybridized carbons (Fsp3) is 0.889. The van der Waals surface area contributed by atoms with Gasteiger partial charge in [-0.3, -0.25) is 10.2 Å². The minimum absolute atomic E-state index is 0.128. The zero-order chi connectivity index (χ0) is 9.94. The lowest BCUT2D eigenvalue weighted by molar-refractivity contribution is -0.121. The average Bonchev–Trinajstić information content (AvgIpc) is 2.16. The van der Waals surface area contributed by atoms with E-state index in [1.807, 2.05) is 0 Å². The number of hydrogen-bond donors (Lipinski definition) is 2. The summed E-state index contributed by atoms with van der Waals surface area (Å²) < 4.78 is 5.31. The second-order valence-electron chi connectivity index (χ2n) is 2.99. The van der Waals surface area contributed by atoms with Gasteiger partial charge in [-0.1, -0.05) is 19.8 Å². The molecule has 0 aliphatic heterocycles. The molecule has 4 heteroatoms. The number of carbonyl (C=O) groups excluding carboxylic acids is 1. The number of hydrazine groups is 1. The molecule has 0 aliphatic carbocycles. The first-order valence-corrected chi connectivity index (χ1v) is 4.88. The molecule has 0 aromatic rings. The van der Waals surface area contributed by atoms with Crippen molar-refractivity contribution in [1.29, 1.82) is 0 Å². The summed E-state index contributed by atoms with van der Waals surface area (Å²) in [5.74, 6) is 4.78. The highest BCUT2D eigenvalue weighted by atomic mass is 16.5. The number of nitrogens with two attached hydrogens (primary N) is 1. The van der Waals surface area contributed by atoms with E-state index in [0.717, 1.165) is 19.4 Å². The van der Waals surface area contributed by atoms with E-state index in [1.54, 1.807) is 0 Å². The molecule has 0 unspecified atom stereocenters. The van der Waals surface area contributed by atoms with Crippen LogP contribution in [-0.2, 0) is 9.53 Å². The molecule has 0 aliphatic rings. The van der Waals surface area contributed by atoms with E-state index >= 15 is 0 Å². The maximum absolute atomic E-state index is 10.7. The molecule has 0 radical (unpaired) electrons. The Morgan fingerprint density at radius 3 is 2.62 bits per heavy atom. The van der Waals surface area contributed by atoms with Crippen molar-refractivity contribution < 1.29 is 9.53 Å². The fourth-order valence-electron chi connectivity index (χ4n) is 0.963. The second kappa shape index (κ2) is 9.48. The number of carbonyl (C=O) groups is 1. The van der Waals surface area contributed by atoms with Gasteiger partial charge in [-0.25, -0.2) is 5.84 Å². The van der Waals surface area contributed by atoms with E-state index in [0.29, 0.717) is 13.0 Å². The van der Waals surface area contributed by atoms with Gasteiger partial charge in [0.2, 0.25) is 5.91 Å². The zero-order valence-corrected chi connectivity index (χ0v) is 8.34. The van der Waals surface area contributed by atoms with Crippen LogP contribution in [0.2, 0.25) is 0 Å². The van der Waals surface area contributed by atoms with Gasteiger partial charge in [0, 0.05) is 19.6 Å². The highest BCUT2D eigenvalue weighted by Crippen LogP contribution is 1.95. The summed E-state index contributed by atoms with van der Waals surface area (Å²) in [6, 6.07) is 0. The Labute approximate surface area is 79.8 Å². The molecule has 0 atom stereocenters. The molecule has 0 fully saturated rings. The third kappa shape index (κ3) is 9.30. The number of ether oxygens (including phenoxy) is 1. The summed E-state index contributed by atoms with van der Waals surface area (Å²) >= 11 is 0. The number of rotatable bonds is 8. The quantitative estimate of drug-likeness (QED) is 0.258. The van der Waals surface area contributed by atoms with Gasteiger partial charge in [-0.2, -0.15) is 0 Å². The van der Waals surface area contributed by atoms with Crippen LogP contribution in [-0.4, -0.2) is 19.1 Å². The third-order valence-electron chi connectivity index (χ3n) is 1.75. The Hall–Kier alpha value is -0.610. The predicted octanol–water partition coefficient (Wildman–Crippen LogP) is 0.963. The Bertz CT molecular complexity index is 129. The molecule has 0 rings (SSSR count). The lowest BCUT2D eigenvalue weighted by Gasteiger charge is -2.02. The first-order valence-electron chi connectivity index (χ1n) is 4.88. The van der Waals surface area contributed by atoms with Crippen LogP contribution >= 0.6 is 0 Å². The van der Waals surface area contributed by atoms with Crippen LogP contribution in [0.1, 0.15) is 39.0 Å². The molecule has 0 saturated heterocycles. The average molecular weight is 188 g/mol. The Morgan fingerprint density at radius 1 is 1.31 bits per heavy atom. The lowest BCUT2D eigenvalue weighted by Crippen LogP contribution is -2.29. The molecule has 0 bridgehead atoms. The molecule has 0 heterocycles. The first-order chi connectivity index (χ1) is 6.31. The molecular formula is C9H20N2O2. The van der Waals surface area contributed by atoms with Crippen LogP contribution in [0.25, 0.3) is 0 Å². The van der Waals surface area contributed by atoms with Crippen molar-refractivity contribution in [3.8, 4) is 0 Å². The van der Waals surface area contributed by atoms with Gasteiger partial charge in [-0.15, -0.1) is 0 Å². The van der Waals surface area contributed by atoms with Gasteiger partial charge < -0.3 is 4.74 Å². The third-order valence-corrected chi connectivity index (χ3v) is 1.75. The Kier molecular flexibility index (Phi) is 9.03. The molecular weight excluding hydrogens is 168 g/mol. The monoisotopic (exact) mass is 188 g/mol. The van der Waals surface area contributed by atoms with Crippen molar-refractivity contribution >= 4 is 5.91 Å². The van der Waals surface area contributed by atoms with Crippen molar-refractivity contribution in [3.05, 3.63) is 0 Å². The number of amides is 1. The molecule has 0 saturated carbocycles. The summed E-state index contributed by atoms with van der Waals surface area (Å²) in [5, 5.41) is 0. The Morgan fingerprint density at radius 2 is 2.00 bits per heavy atom. The van der Waals surface area contributed by atoms with Gasteiger partial charge in [-0.05, 0) is 12.8 Å². The van der Waals surface area contributed by atoms with Crippen LogP contribution in [0.4, 0.5) is 0 Å². The summed E-state index contributed by atoms with van der Waals surface area (Å²) in [7, 11) is 0. The van der Waals surface area contributed by atoms with Crippen molar-refractivity contribution in [2.45, 2.75) is 39.0 Å². The second-order valence-corrected chi connectivity index (χ2v) is 2.99. The predicted molar refractivity (Wildman–Crippen MR) is 51.9 cm³/mol. The van der Waals surface area contributed by atoms with E-state index in [9.17, 15) is 4.79 Å². The van der Waals surface area contributed by atoms with Crippen LogP contribution in [0.3, 0.4) is 0 Å². The van der Waals surface area contributed by atoms with E-state index in [2.05, 4.69) is 12.3 Å². The van der Waals surface area contributed by atoms with Crippen LogP contribution in [0, 0.1) is 0 Å². The van der Waals surface area contributed by atoms with Gasteiger partial charge in [0.1, 0.15) is 0 Å². The van der Waals surface area contributed by atoms with E-state index in [-0.39, 0.29) is 5.91 Å². The maximum atomic E-state index is 10.7. The first kappa shape index (κ1) is 12.4. The van der Waals surface area contributed by atoms with E-state index in [1.165, 1.54) is 12.8 Å². The van der Waals surface area contributed by atoms with Crippen molar-refractivity contribution in [3.63, 3.8) is 0 Å². The molecule has 3 N–H and O–H groups in total.